The molecule has 0 aliphatic carbocycles. The van der Waals surface area contributed by atoms with E-state index < -0.39 is 0 Å². The van der Waals surface area contributed by atoms with Crippen LogP contribution < -0.4 is 10.1 Å². The highest BCUT2D eigenvalue weighted by molar-refractivity contribution is 8.18. The SMILES string of the molecule is COc1cc(C(=O)NCCN2C(=O)S/C(=C\c3ccc(C)cc3)C2=O)ccc1C. The standard InChI is InChI=1S/C22H22N2O4S/c1-14-4-7-16(8-5-14)12-19-21(26)24(22(27)29-19)11-10-23-20(25)17-9-6-15(2)18(13-17)28-3/h4-9,12-13H,10-11H2,1-3H3,(H,23,25)/b19-12-. The van der Waals surface area contributed by atoms with E-state index in [0.29, 0.717) is 16.2 Å². The Labute approximate surface area is 173 Å². The maximum Gasteiger partial charge on any atom is 0.293 e. The summed E-state index contributed by atoms with van der Waals surface area (Å²) in [5.41, 5.74) is 3.38. The number of hydrogen-bond donors (Lipinski definition) is 1. The van der Waals surface area contributed by atoms with E-state index in [4.69, 9.17) is 4.74 Å². The monoisotopic (exact) mass is 410 g/mol. The Kier molecular flexibility index (Phi) is 6.39. The first-order valence-electron chi connectivity index (χ1n) is 9.14. The van der Waals surface area contributed by atoms with Crippen molar-refractivity contribution < 1.29 is 19.1 Å². The molecule has 0 bridgehead atoms. The third-order valence-corrected chi connectivity index (χ3v) is 5.45. The van der Waals surface area contributed by atoms with Crippen LogP contribution in [0.5, 0.6) is 5.75 Å². The van der Waals surface area contributed by atoms with Gasteiger partial charge in [0.05, 0.1) is 12.0 Å². The van der Waals surface area contributed by atoms with Crippen LogP contribution in [0.1, 0.15) is 27.0 Å². The van der Waals surface area contributed by atoms with E-state index in [1.807, 2.05) is 38.1 Å². The number of imide groups is 1. The number of amides is 3. The molecule has 1 aliphatic rings. The van der Waals surface area contributed by atoms with Crippen molar-refractivity contribution in [2.45, 2.75) is 13.8 Å². The van der Waals surface area contributed by atoms with E-state index >= 15 is 0 Å². The third kappa shape index (κ3) is 4.86. The van der Waals surface area contributed by atoms with Gasteiger partial charge in [-0.1, -0.05) is 35.9 Å². The second-order valence-electron chi connectivity index (χ2n) is 6.68. The molecule has 3 amide bonds. The fourth-order valence-electron chi connectivity index (χ4n) is 2.85. The molecule has 1 heterocycles. The van der Waals surface area contributed by atoms with Crippen molar-refractivity contribution in [3.8, 4) is 5.75 Å². The number of aryl methyl sites for hydroxylation is 2. The highest BCUT2D eigenvalue weighted by Gasteiger charge is 2.34. The molecule has 0 radical (unpaired) electrons. The Morgan fingerprint density at radius 2 is 1.86 bits per heavy atom. The first-order chi connectivity index (χ1) is 13.9. The first-order valence-corrected chi connectivity index (χ1v) is 9.95. The molecule has 3 rings (SSSR count). The second kappa shape index (κ2) is 8.96. The maximum atomic E-state index is 12.5. The van der Waals surface area contributed by atoms with Gasteiger partial charge in [0.15, 0.2) is 0 Å². The number of carbonyl (C=O) groups excluding carboxylic acids is 3. The van der Waals surface area contributed by atoms with Gasteiger partial charge in [-0.15, -0.1) is 0 Å². The molecule has 1 saturated heterocycles. The Bertz CT molecular complexity index is 983. The van der Waals surface area contributed by atoms with Gasteiger partial charge in [0.2, 0.25) is 0 Å². The third-order valence-electron chi connectivity index (χ3n) is 4.54. The average molecular weight is 410 g/mol. The smallest absolute Gasteiger partial charge is 0.293 e. The van der Waals surface area contributed by atoms with E-state index in [0.717, 1.165) is 33.4 Å². The van der Waals surface area contributed by atoms with Crippen molar-refractivity contribution in [1.82, 2.24) is 10.2 Å². The lowest BCUT2D eigenvalue weighted by Crippen LogP contribution is -2.37. The summed E-state index contributed by atoms with van der Waals surface area (Å²) in [5, 5.41) is 2.41. The highest BCUT2D eigenvalue weighted by atomic mass is 32.2. The van der Waals surface area contributed by atoms with Crippen LogP contribution >= 0.6 is 11.8 Å². The molecule has 0 aromatic heterocycles. The fourth-order valence-corrected chi connectivity index (χ4v) is 3.72. The van der Waals surface area contributed by atoms with Crippen LogP contribution in [0.2, 0.25) is 0 Å². The topological polar surface area (TPSA) is 75.7 Å². The van der Waals surface area contributed by atoms with Crippen molar-refractivity contribution in [2.75, 3.05) is 20.2 Å². The summed E-state index contributed by atoms with van der Waals surface area (Å²) in [5.74, 6) is 0.00197. The second-order valence-corrected chi connectivity index (χ2v) is 7.68. The van der Waals surface area contributed by atoms with Gasteiger partial charge in [0.25, 0.3) is 17.1 Å². The normalized spacial score (nSPS) is 15.1. The number of rotatable bonds is 6. The lowest BCUT2D eigenvalue weighted by molar-refractivity contribution is -0.122. The number of benzene rings is 2. The summed E-state index contributed by atoms with van der Waals surface area (Å²) >= 11 is 0.912. The molecule has 1 aliphatic heterocycles. The van der Waals surface area contributed by atoms with Gasteiger partial charge in [-0.05, 0) is 54.9 Å². The van der Waals surface area contributed by atoms with E-state index in [2.05, 4.69) is 5.32 Å². The van der Waals surface area contributed by atoms with Gasteiger partial charge in [-0.3, -0.25) is 19.3 Å². The Balaban J connectivity index is 1.59. The van der Waals surface area contributed by atoms with Gasteiger partial charge < -0.3 is 10.1 Å². The zero-order chi connectivity index (χ0) is 21.0. The largest absolute Gasteiger partial charge is 0.496 e. The summed E-state index contributed by atoms with van der Waals surface area (Å²) < 4.78 is 5.23. The van der Waals surface area contributed by atoms with Crippen LogP contribution in [0.3, 0.4) is 0 Å². The molecule has 1 fully saturated rings. The van der Waals surface area contributed by atoms with Crippen LogP contribution in [0.25, 0.3) is 6.08 Å². The van der Waals surface area contributed by atoms with E-state index in [9.17, 15) is 14.4 Å². The summed E-state index contributed by atoms with van der Waals surface area (Å²) in [6.45, 7) is 4.17. The number of methoxy groups -OCH3 is 1. The minimum atomic E-state index is -0.341. The van der Waals surface area contributed by atoms with Crippen molar-refractivity contribution in [2.24, 2.45) is 0 Å². The summed E-state index contributed by atoms with van der Waals surface area (Å²) in [6, 6.07) is 12.9. The molecule has 1 N–H and O–H groups in total. The zero-order valence-electron chi connectivity index (χ0n) is 16.5. The first kappa shape index (κ1) is 20.7. The number of nitrogens with one attached hydrogen (secondary N) is 1. The molecular formula is C22H22N2O4S. The fraction of sp³-hybridized carbons (Fsp3) is 0.227. The maximum absolute atomic E-state index is 12.5. The number of hydrogen-bond acceptors (Lipinski definition) is 5. The van der Waals surface area contributed by atoms with Crippen molar-refractivity contribution in [3.63, 3.8) is 0 Å². The van der Waals surface area contributed by atoms with Crippen LogP contribution in [-0.2, 0) is 4.79 Å². The van der Waals surface area contributed by atoms with Gasteiger partial charge >= 0.3 is 0 Å². The molecule has 29 heavy (non-hydrogen) atoms. The van der Waals surface area contributed by atoms with Crippen molar-refractivity contribution in [1.29, 1.82) is 0 Å². The number of carbonyl (C=O) groups is 3. The highest BCUT2D eigenvalue weighted by Crippen LogP contribution is 2.31. The zero-order valence-corrected chi connectivity index (χ0v) is 17.3. The Morgan fingerprint density at radius 1 is 1.14 bits per heavy atom. The molecule has 6 nitrogen and oxygen atoms in total. The van der Waals surface area contributed by atoms with Gasteiger partial charge in [0.1, 0.15) is 5.75 Å². The van der Waals surface area contributed by atoms with Crippen molar-refractivity contribution >= 4 is 34.9 Å². The summed E-state index contributed by atoms with van der Waals surface area (Å²) in [7, 11) is 1.55. The lowest BCUT2D eigenvalue weighted by Gasteiger charge is -2.13. The quantitative estimate of drug-likeness (QED) is 0.734. The average Bonchev–Trinajstić information content (AvgIpc) is 2.97. The van der Waals surface area contributed by atoms with E-state index in [1.54, 1.807) is 31.4 Å². The van der Waals surface area contributed by atoms with Crippen LogP contribution in [0.15, 0.2) is 47.4 Å². The number of ether oxygens (including phenoxy) is 1. The molecule has 0 atom stereocenters. The van der Waals surface area contributed by atoms with Crippen LogP contribution in [0.4, 0.5) is 4.79 Å². The van der Waals surface area contributed by atoms with Gasteiger partial charge in [-0.25, -0.2) is 0 Å². The van der Waals surface area contributed by atoms with Gasteiger partial charge in [0, 0.05) is 18.7 Å². The number of nitrogens with zero attached hydrogens (tertiary/aromatic N) is 1. The van der Waals surface area contributed by atoms with E-state index in [-0.39, 0.29) is 30.1 Å². The van der Waals surface area contributed by atoms with Crippen LogP contribution in [0, 0.1) is 13.8 Å². The molecule has 0 saturated carbocycles. The molecule has 150 valence electrons. The van der Waals surface area contributed by atoms with E-state index in [1.165, 1.54) is 0 Å². The lowest BCUT2D eigenvalue weighted by atomic mass is 10.1. The minimum Gasteiger partial charge on any atom is -0.496 e. The van der Waals surface area contributed by atoms with Crippen LogP contribution in [-0.4, -0.2) is 42.2 Å². The van der Waals surface area contributed by atoms with Gasteiger partial charge in [-0.2, -0.15) is 0 Å². The molecule has 7 heteroatoms. The Hall–Kier alpha value is -3.06. The molecule has 0 unspecified atom stereocenters. The molecule has 2 aromatic carbocycles. The Morgan fingerprint density at radius 3 is 2.55 bits per heavy atom. The summed E-state index contributed by atoms with van der Waals surface area (Å²) in [4.78, 5) is 38.6. The predicted octanol–water partition coefficient (Wildman–Crippen LogP) is 3.78. The molecule has 0 spiro atoms. The minimum absolute atomic E-state index is 0.116. The predicted molar refractivity (Wildman–Crippen MR) is 114 cm³/mol. The molecule has 2 aromatic rings. The molecular weight excluding hydrogens is 388 g/mol. The summed E-state index contributed by atoms with van der Waals surface area (Å²) in [6.07, 6.45) is 1.71. The van der Waals surface area contributed by atoms with Crippen molar-refractivity contribution in [3.05, 3.63) is 69.6 Å². The number of thioether (sulfide) groups is 1.